The fourth-order valence-electron chi connectivity index (χ4n) is 1.64. The highest BCUT2D eigenvalue weighted by Gasteiger charge is 2.13. The predicted molar refractivity (Wildman–Crippen MR) is 67.6 cm³/mol. The summed E-state index contributed by atoms with van der Waals surface area (Å²) in [7, 11) is 0. The zero-order valence-electron chi connectivity index (χ0n) is 9.56. The van der Waals surface area contributed by atoms with E-state index in [4.69, 9.17) is 0 Å². The summed E-state index contributed by atoms with van der Waals surface area (Å²) >= 11 is 1.51. The third-order valence-electron chi connectivity index (χ3n) is 2.70. The molecule has 1 N–H and O–H groups in total. The predicted octanol–water partition coefficient (Wildman–Crippen LogP) is 3.44. The van der Waals surface area contributed by atoms with Crippen LogP contribution in [-0.2, 0) is 0 Å². The van der Waals surface area contributed by atoms with Gasteiger partial charge in [-0.3, -0.25) is 0 Å². The van der Waals surface area contributed by atoms with Gasteiger partial charge in [0.25, 0.3) is 0 Å². The molecular weight excluding hydrogens is 237 g/mol. The molecule has 0 aliphatic rings. The van der Waals surface area contributed by atoms with Gasteiger partial charge in [0.05, 0.1) is 17.3 Å². The van der Waals surface area contributed by atoms with E-state index in [1.165, 1.54) is 23.5 Å². The molecule has 4 heteroatoms. The molecule has 1 heterocycles. The van der Waals surface area contributed by atoms with Gasteiger partial charge in [-0.25, -0.2) is 9.37 Å². The molecule has 2 aromatic rings. The molecule has 17 heavy (non-hydrogen) atoms. The molecule has 2 rings (SSSR count). The maximum atomic E-state index is 13.1. The molecule has 0 fully saturated rings. The highest BCUT2D eigenvalue weighted by atomic mass is 32.1. The minimum absolute atomic E-state index is 0.0855. The van der Waals surface area contributed by atoms with E-state index in [-0.39, 0.29) is 18.3 Å². The molecule has 1 unspecified atom stereocenters. The normalized spacial score (nSPS) is 12.6. The van der Waals surface area contributed by atoms with Crippen molar-refractivity contribution in [3.8, 4) is 11.3 Å². The summed E-state index contributed by atoms with van der Waals surface area (Å²) < 4.78 is 13.1. The van der Waals surface area contributed by atoms with Crippen molar-refractivity contribution in [3.05, 3.63) is 40.5 Å². The Balaban J connectivity index is 2.29. The van der Waals surface area contributed by atoms with Crippen LogP contribution in [0.3, 0.4) is 0 Å². The number of hydrogen-bond donors (Lipinski definition) is 1. The van der Waals surface area contributed by atoms with Crippen LogP contribution in [0, 0.1) is 5.82 Å². The van der Waals surface area contributed by atoms with E-state index in [0.29, 0.717) is 0 Å². The first-order chi connectivity index (χ1) is 8.24. The van der Waals surface area contributed by atoms with Gasteiger partial charge in [0, 0.05) is 16.9 Å². The summed E-state index contributed by atoms with van der Waals surface area (Å²) in [5.41, 5.74) is 1.55. The van der Waals surface area contributed by atoms with Crippen LogP contribution >= 0.6 is 11.3 Å². The standard InChI is InChI=1S/C13H14FNOS/c1-2-9(7-16)13-15-12(8-17-13)10-4-3-5-11(14)6-10/h3-6,8-9,16H,2,7H2,1H3. The summed E-state index contributed by atoms with van der Waals surface area (Å²) in [6, 6.07) is 6.40. The van der Waals surface area contributed by atoms with Gasteiger partial charge in [0.2, 0.25) is 0 Å². The molecule has 0 spiro atoms. The van der Waals surface area contributed by atoms with Crippen LogP contribution in [-0.4, -0.2) is 16.7 Å². The average molecular weight is 251 g/mol. The van der Waals surface area contributed by atoms with Gasteiger partial charge in [0.1, 0.15) is 5.82 Å². The molecule has 0 saturated carbocycles. The monoisotopic (exact) mass is 251 g/mol. The smallest absolute Gasteiger partial charge is 0.123 e. The number of thiazole rings is 1. The maximum absolute atomic E-state index is 13.1. The van der Waals surface area contributed by atoms with Gasteiger partial charge < -0.3 is 5.11 Å². The second-order valence-electron chi connectivity index (χ2n) is 3.87. The Morgan fingerprint density at radius 2 is 2.29 bits per heavy atom. The Kier molecular flexibility index (Phi) is 3.86. The van der Waals surface area contributed by atoms with Crippen molar-refractivity contribution in [2.24, 2.45) is 0 Å². The molecule has 1 aromatic carbocycles. The number of hydrogen-bond acceptors (Lipinski definition) is 3. The number of aliphatic hydroxyl groups excluding tert-OH is 1. The van der Waals surface area contributed by atoms with Crippen LogP contribution in [0.15, 0.2) is 29.6 Å². The highest BCUT2D eigenvalue weighted by molar-refractivity contribution is 7.10. The molecule has 0 aliphatic carbocycles. The second-order valence-corrected chi connectivity index (χ2v) is 4.76. The van der Waals surface area contributed by atoms with Crippen LogP contribution in [0.1, 0.15) is 24.3 Å². The Hall–Kier alpha value is -1.26. The average Bonchev–Trinajstić information content (AvgIpc) is 2.80. The zero-order chi connectivity index (χ0) is 12.3. The SMILES string of the molecule is CCC(CO)c1nc(-c2cccc(F)c2)cs1. The van der Waals surface area contributed by atoms with Crippen molar-refractivity contribution in [3.63, 3.8) is 0 Å². The molecule has 0 aliphatic heterocycles. The number of aliphatic hydroxyl groups is 1. The lowest BCUT2D eigenvalue weighted by molar-refractivity contribution is 0.262. The van der Waals surface area contributed by atoms with Crippen molar-refractivity contribution in [1.82, 2.24) is 4.98 Å². The van der Waals surface area contributed by atoms with E-state index in [9.17, 15) is 9.50 Å². The molecule has 0 amide bonds. The molecule has 2 nitrogen and oxygen atoms in total. The van der Waals surface area contributed by atoms with Crippen LogP contribution in [0.4, 0.5) is 4.39 Å². The fourth-order valence-corrected chi connectivity index (χ4v) is 2.64. The van der Waals surface area contributed by atoms with Crippen molar-refractivity contribution < 1.29 is 9.50 Å². The molecule has 90 valence electrons. The molecule has 0 bridgehead atoms. The molecule has 0 saturated heterocycles. The minimum atomic E-state index is -0.258. The highest BCUT2D eigenvalue weighted by Crippen LogP contribution is 2.28. The molecule has 1 aromatic heterocycles. The van der Waals surface area contributed by atoms with Gasteiger partial charge in [-0.15, -0.1) is 11.3 Å². The molecular formula is C13H14FNOS. The third-order valence-corrected chi connectivity index (χ3v) is 3.71. The van der Waals surface area contributed by atoms with E-state index in [2.05, 4.69) is 4.98 Å². The topological polar surface area (TPSA) is 33.1 Å². The van der Waals surface area contributed by atoms with Crippen molar-refractivity contribution >= 4 is 11.3 Å². The Morgan fingerprint density at radius 1 is 1.47 bits per heavy atom. The number of rotatable bonds is 4. The van der Waals surface area contributed by atoms with Crippen LogP contribution in [0.5, 0.6) is 0 Å². The van der Waals surface area contributed by atoms with Crippen molar-refractivity contribution in [1.29, 1.82) is 0 Å². The molecule has 0 radical (unpaired) electrons. The Morgan fingerprint density at radius 3 is 2.94 bits per heavy atom. The number of nitrogens with zero attached hydrogens (tertiary/aromatic N) is 1. The van der Waals surface area contributed by atoms with Gasteiger partial charge in [0.15, 0.2) is 0 Å². The largest absolute Gasteiger partial charge is 0.396 e. The van der Waals surface area contributed by atoms with Crippen LogP contribution < -0.4 is 0 Å². The lowest BCUT2D eigenvalue weighted by Gasteiger charge is -2.06. The Bertz CT molecular complexity index is 494. The first-order valence-electron chi connectivity index (χ1n) is 5.56. The first-order valence-corrected chi connectivity index (χ1v) is 6.44. The number of halogens is 1. The lowest BCUT2D eigenvalue weighted by Crippen LogP contribution is -2.01. The molecule has 1 atom stereocenters. The summed E-state index contributed by atoms with van der Waals surface area (Å²) in [6.45, 7) is 2.12. The van der Waals surface area contributed by atoms with Crippen LogP contribution in [0.2, 0.25) is 0 Å². The summed E-state index contributed by atoms with van der Waals surface area (Å²) in [5.74, 6) is -0.173. The van der Waals surface area contributed by atoms with E-state index in [0.717, 1.165) is 22.7 Å². The maximum Gasteiger partial charge on any atom is 0.123 e. The van der Waals surface area contributed by atoms with Gasteiger partial charge >= 0.3 is 0 Å². The Labute approximate surface area is 104 Å². The van der Waals surface area contributed by atoms with Gasteiger partial charge in [-0.1, -0.05) is 19.1 Å². The number of aromatic nitrogens is 1. The first kappa shape index (κ1) is 12.2. The van der Waals surface area contributed by atoms with Crippen LogP contribution in [0.25, 0.3) is 11.3 Å². The second kappa shape index (κ2) is 5.38. The quantitative estimate of drug-likeness (QED) is 0.903. The van der Waals surface area contributed by atoms with Gasteiger partial charge in [-0.2, -0.15) is 0 Å². The van der Waals surface area contributed by atoms with E-state index in [1.807, 2.05) is 18.4 Å². The summed E-state index contributed by atoms with van der Waals surface area (Å²) in [5, 5.41) is 12.0. The van der Waals surface area contributed by atoms with Crippen molar-refractivity contribution in [2.45, 2.75) is 19.3 Å². The van der Waals surface area contributed by atoms with E-state index in [1.54, 1.807) is 6.07 Å². The fraction of sp³-hybridized carbons (Fsp3) is 0.308. The number of benzene rings is 1. The third kappa shape index (κ3) is 2.70. The van der Waals surface area contributed by atoms with Crippen molar-refractivity contribution in [2.75, 3.05) is 6.61 Å². The van der Waals surface area contributed by atoms with Gasteiger partial charge in [-0.05, 0) is 18.6 Å². The van der Waals surface area contributed by atoms with E-state index >= 15 is 0 Å². The summed E-state index contributed by atoms with van der Waals surface area (Å²) in [4.78, 5) is 4.46. The lowest BCUT2D eigenvalue weighted by atomic mass is 10.1. The zero-order valence-corrected chi connectivity index (χ0v) is 10.4. The van der Waals surface area contributed by atoms with E-state index < -0.39 is 0 Å². The summed E-state index contributed by atoms with van der Waals surface area (Å²) in [6.07, 6.45) is 0.854. The minimum Gasteiger partial charge on any atom is -0.396 e.